The number of piperidine rings is 1. The van der Waals surface area contributed by atoms with Gasteiger partial charge in [-0.2, -0.15) is 0 Å². The molecule has 0 radical (unpaired) electrons. The van der Waals surface area contributed by atoms with Crippen molar-refractivity contribution in [3.63, 3.8) is 0 Å². The van der Waals surface area contributed by atoms with E-state index in [0.29, 0.717) is 17.9 Å². The molecule has 134 valence electrons. The molecule has 0 saturated carbocycles. The van der Waals surface area contributed by atoms with Crippen molar-refractivity contribution in [2.75, 3.05) is 13.1 Å². The van der Waals surface area contributed by atoms with Crippen LogP contribution in [-0.4, -0.2) is 24.5 Å². The number of nitrogens with one attached hydrogen (secondary N) is 2. The van der Waals surface area contributed by atoms with Crippen molar-refractivity contribution in [1.82, 2.24) is 10.6 Å². The topological polar surface area (TPSA) is 50.4 Å². The van der Waals surface area contributed by atoms with Gasteiger partial charge in [-0.3, -0.25) is 4.79 Å². The lowest BCUT2D eigenvalue weighted by Crippen LogP contribution is -2.52. The minimum atomic E-state index is -0.136. The highest BCUT2D eigenvalue weighted by Crippen LogP contribution is 2.20. The zero-order chi connectivity index (χ0) is 16.8. The van der Waals surface area contributed by atoms with Crippen LogP contribution < -0.4 is 15.4 Å². The normalized spacial score (nSPS) is 15.7. The molecule has 0 atom stereocenters. The van der Waals surface area contributed by atoms with E-state index in [0.717, 1.165) is 31.5 Å². The van der Waals surface area contributed by atoms with Crippen molar-refractivity contribution in [2.24, 2.45) is 0 Å². The van der Waals surface area contributed by atoms with E-state index < -0.39 is 0 Å². The molecule has 2 N–H and O–H groups in total. The molecular weight excluding hydrogens is 336 g/mol. The first-order valence-electron chi connectivity index (χ1n) is 8.45. The largest absolute Gasteiger partial charge is 0.489 e. The summed E-state index contributed by atoms with van der Waals surface area (Å²) in [6.07, 6.45) is 1.89. The molecule has 1 amide bonds. The third-order valence-electron chi connectivity index (χ3n) is 4.47. The van der Waals surface area contributed by atoms with E-state index in [9.17, 15) is 4.79 Å². The van der Waals surface area contributed by atoms with Crippen LogP contribution in [0, 0.1) is 0 Å². The van der Waals surface area contributed by atoms with E-state index in [2.05, 4.69) is 17.6 Å². The number of ether oxygens (including phenoxy) is 1. The predicted molar refractivity (Wildman–Crippen MR) is 102 cm³/mol. The van der Waals surface area contributed by atoms with Gasteiger partial charge < -0.3 is 15.4 Å². The molecule has 2 aromatic carbocycles. The summed E-state index contributed by atoms with van der Waals surface area (Å²) in [7, 11) is 0. The van der Waals surface area contributed by atoms with Gasteiger partial charge in [0.1, 0.15) is 12.4 Å². The lowest BCUT2D eigenvalue weighted by Gasteiger charge is -2.35. The Morgan fingerprint density at radius 1 is 1.12 bits per heavy atom. The highest BCUT2D eigenvalue weighted by atomic mass is 35.5. The Labute approximate surface area is 155 Å². The molecule has 1 saturated heterocycles. The van der Waals surface area contributed by atoms with E-state index in [1.165, 1.54) is 0 Å². The molecule has 5 heteroatoms. The van der Waals surface area contributed by atoms with Crippen LogP contribution in [0.5, 0.6) is 5.75 Å². The maximum absolute atomic E-state index is 12.6. The number of benzene rings is 2. The van der Waals surface area contributed by atoms with Crippen molar-refractivity contribution in [2.45, 2.75) is 31.9 Å². The Kier molecular flexibility index (Phi) is 6.85. The summed E-state index contributed by atoms with van der Waals surface area (Å²) in [5, 5.41) is 6.50. The third kappa shape index (κ3) is 5.48. The Balaban J connectivity index is 0.00000225. The number of amides is 1. The Hall–Kier alpha value is -2.04. The summed E-state index contributed by atoms with van der Waals surface area (Å²) in [4.78, 5) is 12.6. The van der Waals surface area contributed by atoms with Gasteiger partial charge in [0, 0.05) is 11.1 Å². The van der Waals surface area contributed by atoms with Gasteiger partial charge in [-0.15, -0.1) is 12.4 Å². The summed E-state index contributed by atoms with van der Waals surface area (Å²) in [5.74, 6) is 0.673. The second kappa shape index (κ2) is 8.88. The number of hydrogen-bond donors (Lipinski definition) is 2. The lowest BCUT2D eigenvalue weighted by molar-refractivity contribution is 0.0887. The number of carbonyl (C=O) groups is 1. The highest BCUT2D eigenvalue weighted by Gasteiger charge is 2.28. The van der Waals surface area contributed by atoms with Crippen molar-refractivity contribution in [3.05, 3.63) is 65.7 Å². The fourth-order valence-electron chi connectivity index (χ4n) is 2.92. The van der Waals surface area contributed by atoms with E-state index in [1.54, 1.807) is 0 Å². The van der Waals surface area contributed by atoms with E-state index in [4.69, 9.17) is 4.74 Å². The molecule has 0 bridgehead atoms. The zero-order valence-corrected chi connectivity index (χ0v) is 15.3. The SMILES string of the molecule is CC1(NC(=O)c2cccc(OCc3ccccc3)c2)CCNCC1.Cl. The first kappa shape index (κ1) is 19.3. The maximum Gasteiger partial charge on any atom is 0.251 e. The monoisotopic (exact) mass is 360 g/mol. The lowest BCUT2D eigenvalue weighted by atomic mass is 9.90. The van der Waals surface area contributed by atoms with Gasteiger partial charge in [0.25, 0.3) is 5.91 Å². The average molecular weight is 361 g/mol. The van der Waals surface area contributed by atoms with Crippen LogP contribution in [0.4, 0.5) is 0 Å². The van der Waals surface area contributed by atoms with Crippen LogP contribution in [0.15, 0.2) is 54.6 Å². The van der Waals surface area contributed by atoms with Gasteiger partial charge in [0.2, 0.25) is 0 Å². The fourth-order valence-corrected chi connectivity index (χ4v) is 2.92. The summed E-state index contributed by atoms with van der Waals surface area (Å²) in [6, 6.07) is 17.4. The van der Waals surface area contributed by atoms with Crippen molar-refractivity contribution in [3.8, 4) is 5.75 Å². The Morgan fingerprint density at radius 3 is 2.56 bits per heavy atom. The molecule has 1 fully saturated rings. The predicted octanol–water partition coefficient (Wildman–Crippen LogP) is 3.56. The highest BCUT2D eigenvalue weighted by molar-refractivity contribution is 5.95. The molecule has 1 aliphatic rings. The zero-order valence-electron chi connectivity index (χ0n) is 14.5. The van der Waals surface area contributed by atoms with Gasteiger partial charge in [-0.25, -0.2) is 0 Å². The van der Waals surface area contributed by atoms with Crippen LogP contribution in [0.1, 0.15) is 35.7 Å². The smallest absolute Gasteiger partial charge is 0.251 e. The van der Waals surface area contributed by atoms with Gasteiger partial charge in [-0.05, 0) is 56.6 Å². The number of carbonyl (C=O) groups excluding carboxylic acids is 1. The summed E-state index contributed by atoms with van der Waals surface area (Å²) in [5.41, 5.74) is 1.61. The summed E-state index contributed by atoms with van der Waals surface area (Å²) in [6.45, 7) is 4.49. The molecule has 0 spiro atoms. The average Bonchev–Trinajstić information content (AvgIpc) is 2.61. The molecule has 25 heavy (non-hydrogen) atoms. The minimum Gasteiger partial charge on any atom is -0.489 e. The molecule has 2 aromatic rings. The molecule has 0 aliphatic carbocycles. The molecular formula is C20H25ClN2O2. The summed E-state index contributed by atoms with van der Waals surface area (Å²) >= 11 is 0. The molecule has 1 heterocycles. The third-order valence-corrected chi connectivity index (χ3v) is 4.47. The molecule has 3 rings (SSSR count). The van der Waals surface area contributed by atoms with Crippen LogP contribution >= 0.6 is 12.4 Å². The summed E-state index contributed by atoms with van der Waals surface area (Å²) < 4.78 is 5.81. The second-order valence-corrected chi connectivity index (χ2v) is 6.57. The van der Waals surface area contributed by atoms with Gasteiger partial charge in [0.05, 0.1) is 0 Å². The first-order chi connectivity index (χ1) is 11.6. The molecule has 0 aromatic heterocycles. The second-order valence-electron chi connectivity index (χ2n) is 6.57. The van der Waals surface area contributed by atoms with Crippen LogP contribution in [-0.2, 0) is 6.61 Å². The van der Waals surface area contributed by atoms with E-state index >= 15 is 0 Å². The van der Waals surface area contributed by atoms with E-state index in [1.807, 2.05) is 54.6 Å². The van der Waals surface area contributed by atoms with Crippen molar-refractivity contribution in [1.29, 1.82) is 0 Å². The first-order valence-corrected chi connectivity index (χ1v) is 8.45. The quantitative estimate of drug-likeness (QED) is 0.857. The van der Waals surface area contributed by atoms with Crippen LogP contribution in [0.2, 0.25) is 0 Å². The number of halogens is 1. The standard InChI is InChI=1S/C20H24N2O2.ClH/c1-20(10-12-21-13-11-20)22-19(23)17-8-5-9-18(14-17)24-15-16-6-3-2-4-7-16;/h2-9,14,21H,10-13,15H2,1H3,(H,22,23);1H. The molecule has 0 unspecified atom stereocenters. The van der Waals surface area contributed by atoms with Crippen LogP contribution in [0.3, 0.4) is 0 Å². The molecule has 1 aliphatic heterocycles. The number of rotatable bonds is 5. The fraction of sp³-hybridized carbons (Fsp3) is 0.350. The Bertz CT molecular complexity index is 685. The van der Waals surface area contributed by atoms with E-state index in [-0.39, 0.29) is 23.9 Å². The minimum absolute atomic E-state index is 0. The molecule has 4 nitrogen and oxygen atoms in total. The van der Waals surface area contributed by atoms with Crippen molar-refractivity contribution < 1.29 is 9.53 Å². The van der Waals surface area contributed by atoms with Crippen LogP contribution in [0.25, 0.3) is 0 Å². The Morgan fingerprint density at radius 2 is 1.84 bits per heavy atom. The van der Waals surface area contributed by atoms with Gasteiger partial charge >= 0.3 is 0 Å². The maximum atomic E-state index is 12.6. The van der Waals surface area contributed by atoms with Crippen molar-refractivity contribution >= 4 is 18.3 Å². The van der Waals surface area contributed by atoms with Gasteiger partial charge in [-0.1, -0.05) is 36.4 Å². The van der Waals surface area contributed by atoms with Gasteiger partial charge in [0.15, 0.2) is 0 Å². The number of hydrogen-bond acceptors (Lipinski definition) is 3.